The summed E-state index contributed by atoms with van der Waals surface area (Å²) in [6.07, 6.45) is -5.96. The van der Waals surface area contributed by atoms with E-state index in [1.807, 2.05) is 0 Å². The van der Waals surface area contributed by atoms with E-state index in [9.17, 15) is 31.1 Å². The first-order valence-corrected chi connectivity index (χ1v) is 7.29. The van der Waals surface area contributed by atoms with Gasteiger partial charge in [-0.15, -0.1) is 0 Å². The Hall–Kier alpha value is -1.15. The summed E-state index contributed by atoms with van der Waals surface area (Å²) in [6.45, 7) is 0. The zero-order valence-electron chi connectivity index (χ0n) is 9.91. The average Bonchev–Trinajstić information content (AvgIpc) is 2.23. The number of benzene rings is 1. The molecule has 1 aromatic carbocycles. The van der Waals surface area contributed by atoms with E-state index in [1.165, 1.54) is 0 Å². The van der Waals surface area contributed by atoms with Crippen LogP contribution >= 0.6 is 0 Å². The van der Waals surface area contributed by atoms with Crippen molar-refractivity contribution in [1.82, 2.24) is 0 Å². The molecule has 1 N–H and O–H groups in total. The largest absolute Gasteiger partial charge is 0.416 e. The normalized spacial score (nSPS) is 14.4. The minimum absolute atomic E-state index is 0.425. The lowest BCUT2D eigenvalue weighted by atomic mass is 10.00. The summed E-state index contributed by atoms with van der Waals surface area (Å²) >= 11 is 0. The van der Waals surface area contributed by atoms with Crippen LogP contribution in [0.5, 0.6) is 0 Å². The molecule has 1 rings (SSSR count). The van der Waals surface area contributed by atoms with Gasteiger partial charge in [0.25, 0.3) is 0 Å². The van der Waals surface area contributed by atoms with E-state index in [0.717, 1.165) is 6.26 Å². The zero-order chi connectivity index (χ0) is 14.8. The molecule has 0 radical (unpaired) electrons. The minimum Gasteiger partial charge on any atom is -0.388 e. The summed E-state index contributed by atoms with van der Waals surface area (Å²) in [7, 11) is -3.42. The first-order valence-electron chi connectivity index (χ1n) is 5.23. The monoisotopic (exact) mass is 300 g/mol. The summed E-state index contributed by atoms with van der Waals surface area (Å²) in [5, 5.41) is 9.62. The van der Waals surface area contributed by atoms with Gasteiger partial charge in [0, 0.05) is 6.26 Å². The number of alkyl halides is 3. The van der Waals surface area contributed by atoms with Gasteiger partial charge >= 0.3 is 6.18 Å². The molecule has 1 atom stereocenters. The predicted molar refractivity (Wildman–Crippen MR) is 60.7 cm³/mol. The van der Waals surface area contributed by atoms with Crippen LogP contribution < -0.4 is 0 Å². The molecule has 0 saturated heterocycles. The maximum Gasteiger partial charge on any atom is 0.416 e. The lowest BCUT2D eigenvalue weighted by molar-refractivity contribution is -0.139. The Morgan fingerprint density at radius 2 is 1.89 bits per heavy atom. The molecule has 8 heteroatoms. The lowest BCUT2D eigenvalue weighted by Crippen LogP contribution is -2.15. The van der Waals surface area contributed by atoms with Crippen LogP contribution in [0.2, 0.25) is 0 Å². The molecule has 1 aromatic rings. The smallest absolute Gasteiger partial charge is 0.388 e. The van der Waals surface area contributed by atoms with Crippen molar-refractivity contribution >= 4 is 9.84 Å². The van der Waals surface area contributed by atoms with Gasteiger partial charge in [-0.25, -0.2) is 12.8 Å². The maximum absolute atomic E-state index is 13.0. The Morgan fingerprint density at radius 3 is 2.37 bits per heavy atom. The summed E-state index contributed by atoms with van der Waals surface area (Å²) in [5.74, 6) is -1.41. The van der Waals surface area contributed by atoms with Crippen molar-refractivity contribution in [2.45, 2.75) is 18.7 Å². The van der Waals surface area contributed by atoms with Crippen LogP contribution in [0, 0.1) is 5.82 Å². The molecule has 19 heavy (non-hydrogen) atoms. The van der Waals surface area contributed by atoms with E-state index in [4.69, 9.17) is 0 Å². The van der Waals surface area contributed by atoms with E-state index >= 15 is 0 Å². The standard InChI is InChI=1S/C11H12F4O3S/c1-19(17,18)5-4-10(16)8-6-7(12)2-3-9(8)11(13,14)15/h2-3,6,10,16H,4-5H2,1H3. The van der Waals surface area contributed by atoms with Gasteiger partial charge in [0.2, 0.25) is 0 Å². The first-order chi connectivity index (χ1) is 8.50. The van der Waals surface area contributed by atoms with Gasteiger partial charge in [-0.1, -0.05) is 0 Å². The third-order valence-electron chi connectivity index (χ3n) is 2.44. The molecule has 0 aliphatic heterocycles. The summed E-state index contributed by atoms with van der Waals surface area (Å²) in [6, 6.07) is 1.72. The topological polar surface area (TPSA) is 54.4 Å². The SMILES string of the molecule is CS(=O)(=O)CCC(O)c1cc(F)ccc1C(F)(F)F. The summed E-state index contributed by atoms with van der Waals surface area (Å²) in [4.78, 5) is 0. The van der Waals surface area contributed by atoms with Crippen molar-refractivity contribution in [3.8, 4) is 0 Å². The highest BCUT2D eigenvalue weighted by molar-refractivity contribution is 7.90. The molecule has 0 aromatic heterocycles. The second-order valence-electron chi connectivity index (χ2n) is 4.16. The highest BCUT2D eigenvalue weighted by Gasteiger charge is 2.35. The van der Waals surface area contributed by atoms with Gasteiger partial charge in [0.1, 0.15) is 15.7 Å². The van der Waals surface area contributed by atoms with Gasteiger partial charge in [-0.2, -0.15) is 13.2 Å². The molecular weight excluding hydrogens is 288 g/mol. The van der Waals surface area contributed by atoms with E-state index < -0.39 is 51.2 Å². The fourth-order valence-corrected chi connectivity index (χ4v) is 2.20. The predicted octanol–water partition coefficient (Wildman–Crippen LogP) is 2.31. The molecule has 108 valence electrons. The summed E-state index contributed by atoms with van der Waals surface area (Å²) in [5.41, 5.74) is -1.83. The summed E-state index contributed by atoms with van der Waals surface area (Å²) < 4.78 is 72.8. The Labute approximate surface area is 107 Å². The molecule has 0 bridgehead atoms. The van der Waals surface area contributed by atoms with Gasteiger partial charge < -0.3 is 5.11 Å². The molecule has 0 heterocycles. The molecule has 0 aliphatic rings. The van der Waals surface area contributed by atoms with E-state index in [-0.39, 0.29) is 0 Å². The van der Waals surface area contributed by atoms with E-state index in [1.54, 1.807) is 0 Å². The van der Waals surface area contributed by atoms with Crippen molar-refractivity contribution in [1.29, 1.82) is 0 Å². The number of aliphatic hydroxyl groups excluding tert-OH is 1. The minimum atomic E-state index is -4.74. The van der Waals surface area contributed by atoms with E-state index in [2.05, 4.69) is 0 Å². The second kappa shape index (κ2) is 5.46. The third kappa shape index (κ3) is 4.79. The van der Waals surface area contributed by atoms with Crippen molar-refractivity contribution in [2.75, 3.05) is 12.0 Å². The molecule has 0 spiro atoms. The molecule has 0 fully saturated rings. The van der Waals surface area contributed by atoms with Crippen LogP contribution in [0.1, 0.15) is 23.7 Å². The van der Waals surface area contributed by atoms with Crippen LogP contribution in [0.25, 0.3) is 0 Å². The average molecular weight is 300 g/mol. The van der Waals surface area contributed by atoms with E-state index in [0.29, 0.717) is 18.2 Å². The van der Waals surface area contributed by atoms with Gasteiger partial charge in [-0.3, -0.25) is 0 Å². The lowest BCUT2D eigenvalue weighted by Gasteiger charge is -2.17. The van der Waals surface area contributed by atoms with Crippen LogP contribution in [-0.4, -0.2) is 25.5 Å². The van der Waals surface area contributed by atoms with Gasteiger partial charge in [0.15, 0.2) is 0 Å². The fourth-order valence-electron chi connectivity index (χ4n) is 1.55. The number of hydrogen-bond donors (Lipinski definition) is 1. The Morgan fingerprint density at radius 1 is 1.32 bits per heavy atom. The molecule has 0 amide bonds. The van der Waals surface area contributed by atoms with Crippen molar-refractivity contribution in [3.63, 3.8) is 0 Å². The van der Waals surface area contributed by atoms with Crippen LogP contribution in [-0.2, 0) is 16.0 Å². The zero-order valence-corrected chi connectivity index (χ0v) is 10.7. The Bertz CT molecular complexity index is 552. The van der Waals surface area contributed by atoms with Crippen LogP contribution in [0.4, 0.5) is 17.6 Å². The van der Waals surface area contributed by atoms with Crippen molar-refractivity contribution in [2.24, 2.45) is 0 Å². The molecule has 1 unspecified atom stereocenters. The second-order valence-corrected chi connectivity index (χ2v) is 6.42. The molecule has 3 nitrogen and oxygen atoms in total. The third-order valence-corrected chi connectivity index (χ3v) is 3.42. The number of sulfone groups is 1. The van der Waals surface area contributed by atoms with Crippen molar-refractivity contribution in [3.05, 3.63) is 35.1 Å². The highest BCUT2D eigenvalue weighted by atomic mass is 32.2. The van der Waals surface area contributed by atoms with Crippen LogP contribution in [0.3, 0.4) is 0 Å². The number of aliphatic hydroxyl groups is 1. The Kier molecular flexibility index (Phi) is 4.57. The first kappa shape index (κ1) is 15.9. The fraction of sp³-hybridized carbons (Fsp3) is 0.455. The van der Waals surface area contributed by atoms with Gasteiger partial charge in [0.05, 0.1) is 17.4 Å². The van der Waals surface area contributed by atoms with Crippen LogP contribution in [0.15, 0.2) is 18.2 Å². The molecule has 0 saturated carbocycles. The van der Waals surface area contributed by atoms with Crippen molar-refractivity contribution < 1.29 is 31.1 Å². The van der Waals surface area contributed by atoms with Gasteiger partial charge in [-0.05, 0) is 30.2 Å². The highest BCUT2D eigenvalue weighted by Crippen LogP contribution is 2.35. The number of halogens is 4. The number of rotatable bonds is 4. The Balaban J connectivity index is 3.07. The number of hydrogen-bond acceptors (Lipinski definition) is 3. The maximum atomic E-state index is 13.0. The molecule has 0 aliphatic carbocycles. The molecular formula is C11H12F4O3S. The quantitative estimate of drug-likeness (QED) is 0.868.